The number of nitrogens with zero attached hydrogens (tertiary/aromatic N) is 2. The molecule has 1 unspecified atom stereocenters. The van der Waals surface area contributed by atoms with E-state index in [1.54, 1.807) is 13.8 Å². The Morgan fingerprint density at radius 1 is 1.33 bits per heavy atom. The summed E-state index contributed by atoms with van der Waals surface area (Å²) in [5.74, 6) is 0.360. The van der Waals surface area contributed by atoms with Crippen LogP contribution in [-0.4, -0.2) is 58.9 Å². The van der Waals surface area contributed by atoms with E-state index >= 15 is 0 Å². The first-order valence-electron chi connectivity index (χ1n) is 8.40. The minimum atomic E-state index is -0.845. The van der Waals surface area contributed by atoms with Crippen LogP contribution < -0.4 is 11.1 Å². The average Bonchev–Trinajstić information content (AvgIpc) is 2.68. The van der Waals surface area contributed by atoms with E-state index in [0.717, 1.165) is 25.9 Å². The number of rotatable bonds is 5. The van der Waals surface area contributed by atoms with Crippen molar-refractivity contribution >= 4 is 30.3 Å². The van der Waals surface area contributed by atoms with E-state index in [-0.39, 0.29) is 42.8 Å². The number of nitrogens with two attached hydrogens (primary N) is 1. The summed E-state index contributed by atoms with van der Waals surface area (Å²) >= 11 is 0. The van der Waals surface area contributed by atoms with E-state index in [1.165, 1.54) is 4.90 Å². The smallest absolute Gasteiger partial charge is 0.325 e. The van der Waals surface area contributed by atoms with Crippen LogP contribution in [0, 0.1) is 5.92 Å². The predicted molar refractivity (Wildman–Crippen MR) is 93.8 cm³/mol. The maximum atomic E-state index is 12.2. The molecule has 8 heteroatoms. The molecule has 0 radical (unpaired) electrons. The highest BCUT2D eigenvalue weighted by Gasteiger charge is 2.43. The zero-order chi connectivity index (χ0) is 17.2. The Bertz CT molecular complexity index is 488. The van der Waals surface area contributed by atoms with Gasteiger partial charge in [-0.2, -0.15) is 0 Å². The molecule has 1 atom stereocenters. The lowest BCUT2D eigenvalue weighted by Crippen LogP contribution is -2.43. The van der Waals surface area contributed by atoms with Crippen molar-refractivity contribution in [3.8, 4) is 0 Å². The summed E-state index contributed by atoms with van der Waals surface area (Å²) in [6.07, 6.45) is 2.76. The van der Waals surface area contributed by atoms with Gasteiger partial charge in [-0.1, -0.05) is 0 Å². The number of nitrogens with one attached hydrogen (secondary N) is 1. The van der Waals surface area contributed by atoms with Gasteiger partial charge in [0.1, 0.15) is 5.54 Å². The van der Waals surface area contributed by atoms with E-state index in [9.17, 15) is 14.4 Å². The van der Waals surface area contributed by atoms with Gasteiger partial charge in [0, 0.05) is 32.1 Å². The van der Waals surface area contributed by atoms with Gasteiger partial charge in [0.25, 0.3) is 5.91 Å². The largest absolute Gasteiger partial charge is 0.343 e. The van der Waals surface area contributed by atoms with Gasteiger partial charge in [-0.05, 0) is 46.0 Å². The number of imide groups is 1. The SMILES string of the molecule is CC(N)C1CCN(C(=O)CCCN2C(=O)NC(C)(C)C2=O)CC1.Cl. The molecule has 2 heterocycles. The van der Waals surface area contributed by atoms with Crippen LogP contribution in [0.5, 0.6) is 0 Å². The van der Waals surface area contributed by atoms with Crippen molar-refractivity contribution in [2.24, 2.45) is 11.7 Å². The number of hydrogen-bond donors (Lipinski definition) is 2. The molecule has 2 aliphatic heterocycles. The molecule has 2 fully saturated rings. The first-order chi connectivity index (χ1) is 10.7. The van der Waals surface area contributed by atoms with E-state index in [4.69, 9.17) is 5.73 Å². The Labute approximate surface area is 149 Å². The van der Waals surface area contributed by atoms with Crippen LogP contribution in [0.15, 0.2) is 0 Å². The summed E-state index contributed by atoms with van der Waals surface area (Å²) in [6, 6.07) is -0.194. The number of carbonyl (C=O) groups is 3. The Morgan fingerprint density at radius 2 is 1.92 bits per heavy atom. The minimum absolute atomic E-state index is 0. The van der Waals surface area contributed by atoms with Gasteiger partial charge < -0.3 is 16.0 Å². The predicted octanol–water partition coefficient (Wildman–Crippen LogP) is 1.10. The van der Waals surface area contributed by atoms with E-state index in [2.05, 4.69) is 5.32 Å². The maximum Gasteiger partial charge on any atom is 0.325 e. The number of likely N-dealkylation sites (tertiary alicyclic amines) is 1. The van der Waals surface area contributed by atoms with Crippen molar-refractivity contribution in [3.05, 3.63) is 0 Å². The Hall–Kier alpha value is -1.34. The van der Waals surface area contributed by atoms with Gasteiger partial charge in [0.2, 0.25) is 5.91 Å². The van der Waals surface area contributed by atoms with Crippen molar-refractivity contribution in [2.75, 3.05) is 19.6 Å². The normalized spacial score (nSPS) is 22.2. The molecule has 0 aromatic heterocycles. The van der Waals surface area contributed by atoms with Gasteiger partial charge in [-0.3, -0.25) is 14.5 Å². The summed E-state index contributed by atoms with van der Waals surface area (Å²) in [5, 5.41) is 2.64. The molecule has 0 aromatic carbocycles. The van der Waals surface area contributed by atoms with E-state index in [1.807, 2.05) is 11.8 Å². The highest BCUT2D eigenvalue weighted by Crippen LogP contribution is 2.21. The Balaban J connectivity index is 0.00000288. The zero-order valence-electron chi connectivity index (χ0n) is 14.7. The topological polar surface area (TPSA) is 95.7 Å². The number of amides is 4. The highest BCUT2D eigenvalue weighted by atomic mass is 35.5. The lowest BCUT2D eigenvalue weighted by Gasteiger charge is -2.33. The van der Waals surface area contributed by atoms with Gasteiger partial charge in [0.15, 0.2) is 0 Å². The van der Waals surface area contributed by atoms with Crippen molar-refractivity contribution in [1.82, 2.24) is 15.1 Å². The summed E-state index contributed by atoms with van der Waals surface area (Å²) in [5.41, 5.74) is 5.06. The lowest BCUT2D eigenvalue weighted by molar-refractivity contribution is -0.134. The van der Waals surface area contributed by atoms with Crippen LogP contribution in [0.1, 0.15) is 46.5 Å². The van der Waals surface area contributed by atoms with Crippen LogP contribution in [0.4, 0.5) is 4.79 Å². The third-order valence-electron chi connectivity index (χ3n) is 4.85. The molecule has 0 spiro atoms. The second kappa shape index (κ2) is 8.16. The zero-order valence-corrected chi connectivity index (χ0v) is 15.5. The van der Waals surface area contributed by atoms with Crippen LogP contribution >= 0.6 is 12.4 Å². The van der Waals surface area contributed by atoms with E-state index in [0.29, 0.717) is 18.8 Å². The molecular formula is C16H29ClN4O3. The van der Waals surface area contributed by atoms with Crippen molar-refractivity contribution in [2.45, 2.75) is 58.0 Å². The summed E-state index contributed by atoms with van der Waals surface area (Å²) < 4.78 is 0. The van der Waals surface area contributed by atoms with Crippen LogP contribution in [0.3, 0.4) is 0 Å². The highest BCUT2D eigenvalue weighted by molar-refractivity contribution is 6.06. The van der Waals surface area contributed by atoms with E-state index < -0.39 is 5.54 Å². The number of piperidine rings is 1. The van der Waals surface area contributed by atoms with Crippen LogP contribution in [0.25, 0.3) is 0 Å². The number of urea groups is 1. The Morgan fingerprint density at radius 3 is 2.38 bits per heavy atom. The number of carbonyl (C=O) groups excluding carboxylic acids is 3. The number of hydrogen-bond acceptors (Lipinski definition) is 4. The minimum Gasteiger partial charge on any atom is -0.343 e. The van der Waals surface area contributed by atoms with Crippen LogP contribution in [-0.2, 0) is 9.59 Å². The molecule has 0 aromatic rings. The molecule has 0 bridgehead atoms. The first-order valence-corrected chi connectivity index (χ1v) is 8.40. The molecule has 7 nitrogen and oxygen atoms in total. The quantitative estimate of drug-likeness (QED) is 0.718. The molecule has 24 heavy (non-hydrogen) atoms. The fraction of sp³-hybridized carbons (Fsp3) is 0.812. The lowest BCUT2D eigenvalue weighted by atomic mass is 9.91. The molecular weight excluding hydrogens is 332 g/mol. The maximum absolute atomic E-state index is 12.2. The Kier molecular flexibility index (Phi) is 7.04. The van der Waals surface area contributed by atoms with Gasteiger partial charge in [-0.15, -0.1) is 12.4 Å². The standard InChI is InChI=1S/C16H28N4O3.ClH/c1-11(17)12-6-9-19(10-7-12)13(21)5-4-8-20-14(22)16(2,3)18-15(20)23;/h11-12H,4-10,17H2,1-3H3,(H,18,23);1H. The third-order valence-corrected chi connectivity index (χ3v) is 4.85. The fourth-order valence-corrected chi connectivity index (χ4v) is 3.24. The summed E-state index contributed by atoms with van der Waals surface area (Å²) in [7, 11) is 0. The monoisotopic (exact) mass is 360 g/mol. The molecule has 0 aliphatic carbocycles. The van der Waals surface area contributed by atoms with Crippen LogP contribution in [0.2, 0.25) is 0 Å². The molecule has 4 amide bonds. The molecule has 0 saturated carbocycles. The fourth-order valence-electron chi connectivity index (χ4n) is 3.24. The molecule has 3 N–H and O–H groups in total. The summed E-state index contributed by atoms with van der Waals surface area (Å²) in [6.45, 7) is 7.17. The van der Waals surface area contributed by atoms with Crippen molar-refractivity contribution < 1.29 is 14.4 Å². The molecule has 2 saturated heterocycles. The molecule has 2 rings (SSSR count). The van der Waals surface area contributed by atoms with Gasteiger partial charge >= 0.3 is 6.03 Å². The second-order valence-corrected chi connectivity index (χ2v) is 7.19. The third kappa shape index (κ3) is 4.60. The summed E-state index contributed by atoms with van der Waals surface area (Å²) in [4.78, 5) is 39.1. The van der Waals surface area contributed by atoms with Gasteiger partial charge in [-0.25, -0.2) is 4.79 Å². The second-order valence-electron chi connectivity index (χ2n) is 7.19. The van der Waals surface area contributed by atoms with Crippen molar-refractivity contribution in [1.29, 1.82) is 0 Å². The first kappa shape index (κ1) is 20.7. The molecule has 138 valence electrons. The average molecular weight is 361 g/mol. The van der Waals surface area contributed by atoms with Crippen molar-refractivity contribution in [3.63, 3.8) is 0 Å². The number of halogens is 1. The van der Waals surface area contributed by atoms with Gasteiger partial charge in [0.05, 0.1) is 0 Å². The molecule has 2 aliphatic rings.